The van der Waals surface area contributed by atoms with Gasteiger partial charge in [0.15, 0.2) is 0 Å². The minimum absolute atomic E-state index is 0.155. The highest BCUT2D eigenvalue weighted by Crippen LogP contribution is 2.20. The highest BCUT2D eigenvalue weighted by Gasteiger charge is 2.29. The Kier molecular flexibility index (Phi) is 7.34. The molecule has 0 unspecified atom stereocenters. The zero-order valence-electron chi connectivity index (χ0n) is 16.0. The predicted molar refractivity (Wildman–Crippen MR) is 103 cm³/mol. The Balaban J connectivity index is 1.75. The van der Waals surface area contributed by atoms with Gasteiger partial charge < -0.3 is 10.6 Å². The van der Waals surface area contributed by atoms with Crippen molar-refractivity contribution in [1.29, 1.82) is 0 Å². The first-order chi connectivity index (χ1) is 12.7. The topological polar surface area (TPSA) is 98.8 Å². The van der Waals surface area contributed by atoms with E-state index < -0.39 is 22.0 Å². The van der Waals surface area contributed by atoms with E-state index in [0.717, 1.165) is 5.56 Å². The van der Waals surface area contributed by atoms with Crippen LogP contribution < -0.4 is 10.6 Å². The van der Waals surface area contributed by atoms with Gasteiger partial charge in [0.25, 0.3) is 10.2 Å². The smallest absolute Gasteiger partial charge is 0.309 e. The minimum Gasteiger partial charge on any atom is -0.348 e. The fourth-order valence-corrected chi connectivity index (χ4v) is 4.11. The van der Waals surface area contributed by atoms with Crippen LogP contribution >= 0.6 is 0 Å². The first kappa shape index (κ1) is 21.3. The van der Waals surface area contributed by atoms with Crippen molar-refractivity contribution < 1.29 is 18.0 Å². The van der Waals surface area contributed by atoms with Crippen LogP contribution in [0.3, 0.4) is 0 Å². The van der Waals surface area contributed by atoms with Crippen LogP contribution in [-0.2, 0) is 19.8 Å². The van der Waals surface area contributed by atoms with Gasteiger partial charge in [-0.1, -0.05) is 30.3 Å². The van der Waals surface area contributed by atoms with E-state index in [9.17, 15) is 18.0 Å². The van der Waals surface area contributed by atoms with Crippen molar-refractivity contribution >= 4 is 22.0 Å². The summed E-state index contributed by atoms with van der Waals surface area (Å²) in [4.78, 5) is 24.1. The summed E-state index contributed by atoms with van der Waals surface area (Å²) in [6.45, 7) is 3.01. The maximum Gasteiger partial charge on any atom is 0.309 e. The molecule has 0 radical (unpaired) electrons. The molecular formula is C18H28N4O4S. The number of carbonyl (C=O) groups excluding carboxylic acids is 2. The molecule has 1 aliphatic rings. The summed E-state index contributed by atoms with van der Waals surface area (Å²) in [5.74, 6) is -1.18. The summed E-state index contributed by atoms with van der Waals surface area (Å²) in [5, 5.41) is 5.34. The molecule has 1 fully saturated rings. The number of benzene rings is 1. The van der Waals surface area contributed by atoms with Crippen molar-refractivity contribution in [3.05, 3.63) is 35.9 Å². The molecule has 2 rings (SSSR count). The van der Waals surface area contributed by atoms with Crippen molar-refractivity contribution in [1.82, 2.24) is 19.2 Å². The van der Waals surface area contributed by atoms with Gasteiger partial charge in [-0.3, -0.25) is 9.59 Å². The van der Waals surface area contributed by atoms with Crippen LogP contribution in [0.2, 0.25) is 0 Å². The lowest BCUT2D eigenvalue weighted by Gasteiger charge is -2.32. The van der Waals surface area contributed by atoms with Crippen LogP contribution in [0, 0.1) is 5.92 Å². The van der Waals surface area contributed by atoms with Crippen LogP contribution in [0.5, 0.6) is 0 Å². The van der Waals surface area contributed by atoms with Crippen LogP contribution in [0.1, 0.15) is 31.4 Å². The van der Waals surface area contributed by atoms with Gasteiger partial charge in [-0.2, -0.15) is 17.0 Å². The van der Waals surface area contributed by atoms with E-state index in [4.69, 9.17) is 0 Å². The van der Waals surface area contributed by atoms with Gasteiger partial charge in [0.05, 0.1) is 6.04 Å². The molecule has 1 heterocycles. The van der Waals surface area contributed by atoms with Crippen LogP contribution in [0.15, 0.2) is 30.3 Å². The average Bonchev–Trinajstić information content (AvgIpc) is 2.66. The second-order valence-corrected chi connectivity index (χ2v) is 9.09. The van der Waals surface area contributed by atoms with Crippen molar-refractivity contribution in [3.8, 4) is 0 Å². The molecule has 9 heteroatoms. The highest BCUT2D eigenvalue weighted by molar-refractivity contribution is 7.86. The minimum atomic E-state index is -3.39. The maximum atomic E-state index is 12.1. The Labute approximate surface area is 161 Å². The number of amides is 2. The first-order valence-corrected chi connectivity index (χ1v) is 10.4. The van der Waals surface area contributed by atoms with Crippen molar-refractivity contribution in [2.75, 3.05) is 33.7 Å². The van der Waals surface area contributed by atoms with Gasteiger partial charge in [-0.25, -0.2) is 0 Å². The SMILES string of the molecule is C[C@H](NC(=O)C(=O)NCC1CCN(S(=O)(=O)N(C)C)CC1)c1ccccc1. The summed E-state index contributed by atoms with van der Waals surface area (Å²) in [7, 11) is -0.372. The summed E-state index contributed by atoms with van der Waals surface area (Å²) in [6, 6.07) is 9.15. The third-order valence-corrected chi connectivity index (χ3v) is 6.71. The van der Waals surface area contributed by atoms with E-state index in [1.807, 2.05) is 37.3 Å². The van der Waals surface area contributed by atoms with E-state index in [0.29, 0.717) is 32.5 Å². The van der Waals surface area contributed by atoms with E-state index in [-0.39, 0.29) is 12.0 Å². The number of nitrogens with zero attached hydrogens (tertiary/aromatic N) is 2. The molecule has 0 spiro atoms. The monoisotopic (exact) mass is 396 g/mol. The van der Waals surface area contributed by atoms with Crippen molar-refractivity contribution in [2.45, 2.75) is 25.8 Å². The Morgan fingerprint density at radius 3 is 2.30 bits per heavy atom. The molecule has 27 heavy (non-hydrogen) atoms. The molecule has 0 aromatic heterocycles. The summed E-state index contributed by atoms with van der Waals surface area (Å²) in [6.07, 6.45) is 1.30. The average molecular weight is 397 g/mol. The van der Waals surface area contributed by atoms with E-state index in [2.05, 4.69) is 10.6 Å². The molecule has 8 nitrogen and oxygen atoms in total. The van der Waals surface area contributed by atoms with E-state index >= 15 is 0 Å². The first-order valence-electron chi connectivity index (χ1n) is 9.03. The second kappa shape index (κ2) is 9.29. The van der Waals surface area contributed by atoms with Gasteiger partial charge in [-0.05, 0) is 31.2 Å². The molecule has 0 saturated carbocycles. The predicted octanol–water partition coefficient (Wildman–Crippen LogP) is 0.498. The van der Waals surface area contributed by atoms with Gasteiger partial charge in [0.2, 0.25) is 0 Å². The fourth-order valence-electron chi connectivity index (χ4n) is 2.98. The lowest BCUT2D eigenvalue weighted by molar-refractivity contribution is -0.139. The molecule has 1 aromatic rings. The highest BCUT2D eigenvalue weighted by atomic mass is 32.2. The fraction of sp³-hybridized carbons (Fsp3) is 0.556. The molecule has 1 aromatic carbocycles. The Morgan fingerprint density at radius 2 is 1.74 bits per heavy atom. The Morgan fingerprint density at radius 1 is 1.15 bits per heavy atom. The van der Waals surface area contributed by atoms with E-state index in [1.165, 1.54) is 22.7 Å². The molecule has 1 aliphatic heterocycles. The van der Waals surface area contributed by atoms with Gasteiger partial charge >= 0.3 is 11.8 Å². The van der Waals surface area contributed by atoms with Crippen LogP contribution in [0.25, 0.3) is 0 Å². The quantitative estimate of drug-likeness (QED) is 0.684. The number of hydrogen-bond donors (Lipinski definition) is 2. The normalized spacial score (nSPS) is 17.5. The van der Waals surface area contributed by atoms with Gasteiger partial charge in [0, 0.05) is 33.7 Å². The van der Waals surface area contributed by atoms with E-state index in [1.54, 1.807) is 0 Å². The summed E-state index contributed by atoms with van der Waals surface area (Å²) >= 11 is 0. The van der Waals surface area contributed by atoms with Crippen LogP contribution in [-0.4, -0.2) is 62.6 Å². The molecule has 1 saturated heterocycles. The lowest BCUT2D eigenvalue weighted by atomic mass is 9.98. The molecule has 150 valence electrons. The number of carbonyl (C=O) groups is 2. The van der Waals surface area contributed by atoms with Gasteiger partial charge in [0.1, 0.15) is 0 Å². The number of hydrogen-bond acceptors (Lipinski definition) is 4. The standard InChI is InChI=1S/C18H28N4O4S/c1-14(16-7-5-4-6-8-16)20-18(24)17(23)19-13-15-9-11-22(12-10-15)27(25,26)21(2)3/h4-8,14-15H,9-13H2,1-3H3,(H,19,23)(H,20,24)/t14-/m0/s1. The Bertz CT molecular complexity index is 744. The number of rotatable bonds is 6. The zero-order chi connectivity index (χ0) is 20.0. The molecule has 2 amide bonds. The number of piperidine rings is 1. The summed E-state index contributed by atoms with van der Waals surface area (Å²) in [5.41, 5.74) is 0.924. The molecule has 2 N–H and O–H groups in total. The Hall–Kier alpha value is -1.97. The third-order valence-electron chi connectivity index (χ3n) is 4.77. The maximum absolute atomic E-state index is 12.1. The summed E-state index contributed by atoms with van der Waals surface area (Å²) < 4.78 is 26.8. The number of nitrogens with one attached hydrogen (secondary N) is 2. The van der Waals surface area contributed by atoms with Crippen molar-refractivity contribution in [3.63, 3.8) is 0 Å². The third kappa shape index (κ3) is 5.75. The van der Waals surface area contributed by atoms with Crippen LogP contribution in [0.4, 0.5) is 0 Å². The van der Waals surface area contributed by atoms with Gasteiger partial charge in [-0.15, -0.1) is 0 Å². The van der Waals surface area contributed by atoms with Crippen molar-refractivity contribution in [2.24, 2.45) is 5.92 Å². The second-order valence-electron chi connectivity index (χ2n) is 6.95. The zero-order valence-corrected chi connectivity index (χ0v) is 16.8. The molecular weight excluding hydrogens is 368 g/mol. The molecule has 0 aliphatic carbocycles. The lowest BCUT2D eigenvalue weighted by Crippen LogP contribution is -2.47. The largest absolute Gasteiger partial charge is 0.348 e. The molecule has 0 bridgehead atoms. The molecule has 1 atom stereocenters.